The van der Waals surface area contributed by atoms with E-state index in [1.807, 2.05) is 72.8 Å². The van der Waals surface area contributed by atoms with Crippen molar-refractivity contribution in [2.45, 2.75) is 0 Å². The van der Waals surface area contributed by atoms with E-state index in [0.29, 0.717) is 55.6 Å². The van der Waals surface area contributed by atoms with E-state index >= 15 is 0 Å². The molecule has 0 aliphatic rings. The van der Waals surface area contributed by atoms with Gasteiger partial charge in [-0.15, -0.1) is 0 Å². The van der Waals surface area contributed by atoms with E-state index in [4.69, 9.17) is 15.0 Å². The smallest absolute Gasteiger partial charge is 0.195 e. The van der Waals surface area contributed by atoms with Crippen molar-refractivity contribution in [1.82, 2.24) is 24.9 Å². The van der Waals surface area contributed by atoms with Gasteiger partial charge in [0.05, 0.1) is 0 Å². The summed E-state index contributed by atoms with van der Waals surface area (Å²) >= 11 is 0. The molecule has 0 aliphatic carbocycles. The SMILES string of the molecule is O=c1c2cc(-c3nc(-c4ccccc4)nc(-c4ccccc4)n3)cc3c(=O)c4ccnc5c6nccc1c6p(c23)c45. The second-order valence-electron chi connectivity index (χ2n) is 10.1. The summed E-state index contributed by atoms with van der Waals surface area (Å²) < 4.78 is 0. The third kappa shape index (κ3) is 3.01. The number of aromatic nitrogens is 5. The van der Waals surface area contributed by atoms with Crippen LogP contribution in [0.4, 0.5) is 0 Å². The van der Waals surface area contributed by atoms with Gasteiger partial charge in [-0.2, -0.15) is 0 Å². The van der Waals surface area contributed by atoms with Gasteiger partial charge in [-0.05, 0) is 24.3 Å². The summed E-state index contributed by atoms with van der Waals surface area (Å²) in [6, 6.07) is 26.7. The monoisotopic (exact) mass is 545 g/mol. The van der Waals surface area contributed by atoms with Crippen LogP contribution in [0.15, 0.2) is 107 Å². The van der Waals surface area contributed by atoms with Gasteiger partial charge in [0.25, 0.3) is 0 Å². The van der Waals surface area contributed by atoms with Crippen LogP contribution in [-0.4, -0.2) is 24.9 Å². The third-order valence-electron chi connectivity index (χ3n) is 7.79. The van der Waals surface area contributed by atoms with Crippen molar-refractivity contribution in [2.75, 3.05) is 0 Å². The van der Waals surface area contributed by atoms with E-state index in [0.717, 1.165) is 26.5 Å². The molecule has 6 aromatic heterocycles. The minimum absolute atomic E-state index is 0.120. The molecular formula is C33H16N5O2P. The molecule has 0 N–H and O–H groups in total. The van der Waals surface area contributed by atoms with E-state index in [2.05, 4.69) is 9.97 Å². The first-order valence-corrected chi connectivity index (χ1v) is 14.4. The molecule has 9 rings (SSSR count). The zero-order valence-corrected chi connectivity index (χ0v) is 22.1. The molecule has 8 heteroatoms. The summed E-state index contributed by atoms with van der Waals surface area (Å²) in [6.45, 7) is 0. The maximum atomic E-state index is 14.0. The molecule has 0 amide bonds. The molecule has 0 spiro atoms. The molecule has 0 saturated heterocycles. The van der Waals surface area contributed by atoms with Crippen LogP contribution in [0.5, 0.6) is 0 Å². The molecule has 9 aromatic rings. The van der Waals surface area contributed by atoms with Crippen molar-refractivity contribution in [3.63, 3.8) is 0 Å². The molecule has 6 heterocycles. The molecule has 0 saturated carbocycles. The number of pyridine rings is 2. The average Bonchev–Trinajstić information content (AvgIpc) is 3.38. The number of hydrogen-bond acceptors (Lipinski definition) is 7. The fourth-order valence-electron chi connectivity index (χ4n) is 5.99. The first-order valence-electron chi connectivity index (χ1n) is 13.1. The fraction of sp³-hybridized carbons (Fsp3) is 0. The highest BCUT2D eigenvalue weighted by Gasteiger charge is 2.26. The van der Waals surface area contributed by atoms with Crippen molar-refractivity contribution in [1.29, 1.82) is 0 Å². The highest BCUT2D eigenvalue weighted by atomic mass is 31.1. The largest absolute Gasteiger partial charge is 0.289 e. The Balaban J connectivity index is 1.43. The van der Waals surface area contributed by atoms with Crippen LogP contribution in [0.3, 0.4) is 0 Å². The van der Waals surface area contributed by atoms with Gasteiger partial charge in [-0.3, -0.25) is 19.6 Å². The summed E-state index contributed by atoms with van der Waals surface area (Å²) in [7, 11) is -1.12. The standard InChI is InChI=1S/C33H16N5O2P/c39-26-20-11-13-34-24-25-30-21(12-14-35-25)27(40)23-16-19(15-22(26)28(23)41(30)29(20)24)33-37-31(17-7-3-1-4-8-17)36-32(38-33)18-9-5-2-6-10-18/h1-16H. The topological polar surface area (TPSA) is 98.6 Å². The first-order chi connectivity index (χ1) is 20.2. The Bertz CT molecular complexity index is 2400. The van der Waals surface area contributed by atoms with E-state index in [1.165, 1.54) is 0 Å². The highest BCUT2D eigenvalue weighted by Crippen LogP contribution is 2.54. The maximum absolute atomic E-state index is 14.0. The lowest BCUT2D eigenvalue weighted by molar-refractivity contribution is 1.07. The van der Waals surface area contributed by atoms with Gasteiger partial charge < -0.3 is 0 Å². The Morgan fingerprint density at radius 2 is 0.902 bits per heavy atom. The number of hydrogen-bond donors (Lipinski definition) is 0. The van der Waals surface area contributed by atoms with Crippen LogP contribution in [0.1, 0.15) is 0 Å². The van der Waals surface area contributed by atoms with Gasteiger partial charge >= 0.3 is 0 Å². The lowest BCUT2D eigenvalue weighted by Crippen LogP contribution is -2.07. The van der Waals surface area contributed by atoms with Crippen LogP contribution >= 0.6 is 7.34 Å². The van der Waals surface area contributed by atoms with Gasteiger partial charge in [0, 0.05) is 66.0 Å². The molecule has 41 heavy (non-hydrogen) atoms. The van der Waals surface area contributed by atoms with Crippen molar-refractivity contribution < 1.29 is 0 Å². The Labute approximate surface area is 231 Å². The summed E-state index contributed by atoms with van der Waals surface area (Å²) in [5, 5.41) is 4.91. The molecule has 7 nitrogen and oxygen atoms in total. The Kier molecular flexibility index (Phi) is 4.41. The summed E-state index contributed by atoms with van der Waals surface area (Å²) in [6.07, 6.45) is 3.31. The number of benzene rings is 3. The third-order valence-corrected chi connectivity index (χ3v) is 10.5. The van der Waals surface area contributed by atoms with Gasteiger partial charge in [0.2, 0.25) is 0 Å². The molecule has 0 unspecified atom stereocenters. The Morgan fingerprint density at radius 3 is 1.37 bits per heavy atom. The normalized spacial score (nSPS) is 12.1. The lowest BCUT2D eigenvalue weighted by Gasteiger charge is -2.12. The second-order valence-corrected chi connectivity index (χ2v) is 12.1. The summed E-state index contributed by atoms with van der Waals surface area (Å²) in [5.74, 6) is 1.43. The molecular weight excluding hydrogens is 529 g/mol. The van der Waals surface area contributed by atoms with Crippen molar-refractivity contribution >= 4 is 55.3 Å². The van der Waals surface area contributed by atoms with Crippen molar-refractivity contribution in [2.24, 2.45) is 0 Å². The lowest BCUT2D eigenvalue weighted by atomic mass is 10.1. The van der Waals surface area contributed by atoms with Gasteiger partial charge in [0.15, 0.2) is 28.3 Å². The van der Waals surface area contributed by atoms with Crippen LogP contribution in [-0.2, 0) is 0 Å². The molecule has 0 atom stereocenters. The van der Waals surface area contributed by atoms with Gasteiger partial charge in [-0.25, -0.2) is 15.0 Å². The predicted octanol–water partition coefficient (Wildman–Crippen LogP) is 6.75. The van der Waals surface area contributed by atoms with E-state index in [9.17, 15) is 9.59 Å². The van der Waals surface area contributed by atoms with E-state index in [-0.39, 0.29) is 10.9 Å². The zero-order chi connectivity index (χ0) is 27.2. The fourth-order valence-corrected chi connectivity index (χ4v) is 9.06. The van der Waals surface area contributed by atoms with Crippen LogP contribution in [0.25, 0.3) is 82.1 Å². The Hall–Kier alpha value is -5.39. The number of fused-ring (bicyclic) bond motifs is 1. The highest BCUT2D eigenvalue weighted by molar-refractivity contribution is 7.64. The van der Waals surface area contributed by atoms with Crippen LogP contribution in [0.2, 0.25) is 0 Å². The van der Waals surface area contributed by atoms with E-state index < -0.39 is 7.34 Å². The molecule has 0 radical (unpaired) electrons. The van der Waals surface area contributed by atoms with E-state index in [1.54, 1.807) is 24.5 Å². The summed E-state index contributed by atoms with van der Waals surface area (Å²) in [4.78, 5) is 51.7. The second kappa shape index (κ2) is 8.07. The van der Waals surface area contributed by atoms with Crippen molar-refractivity contribution in [3.05, 3.63) is 118 Å². The predicted molar refractivity (Wildman–Crippen MR) is 164 cm³/mol. The average molecular weight is 545 g/mol. The summed E-state index contributed by atoms with van der Waals surface area (Å²) in [5.41, 5.74) is 3.48. The molecule has 0 fully saturated rings. The van der Waals surface area contributed by atoms with Crippen LogP contribution in [0, 0.1) is 0 Å². The maximum Gasteiger partial charge on any atom is 0.195 e. The minimum Gasteiger partial charge on any atom is -0.289 e. The number of nitrogens with zero attached hydrogens (tertiary/aromatic N) is 5. The van der Waals surface area contributed by atoms with Crippen molar-refractivity contribution in [3.8, 4) is 34.2 Å². The molecule has 190 valence electrons. The molecule has 0 bridgehead atoms. The van der Waals surface area contributed by atoms with Crippen LogP contribution < -0.4 is 10.9 Å². The van der Waals surface area contributed by atoms with Gasteiger partial charge in [-0.1, -0.05) is 68.0 Å². The molecule has 3 aromatic carbocycles. The Morgan fingerprint density at radius 1 is 0.463 bits per heavy atom. The van der Waals surface area contributed by atoms with Gasteiger partial charge in [0.1, 0.15) is 11.0 Å². The zero-order valence-electron chi connectivity index (χ0n) is 21.2. The first kappa shape index (κ1) is 22.4. The quantitative estimate of drug-likeness (QED) is 0.179. The minimum atomic E-state index is -1.12. The number of rotatable bonds is 3. The molecule has 0 aliphatic heterocycles.